The lowest BCUT2D eigenvalue weighted by Gasteiger charge is -2.03. The normalized spacial score (nSPS) is 9.73. The van der Waals surface area contributed by atoms with Gasteiger partial charge in [-0.25, -0.2) is 0 Å². The molecule has 0 radical (unpaired) electrons. The van der Waals surface area contributed by atoms with Crippen molar-refractivity contribution >= 4 is 37.5 Å². The zero-order valence-electron chi connectivity index (χ0n) is 6.20. The van der Waals surface area contributed by atoms with Crippen LogP contribution in [0, 0.1) is 0 Å². The van der Waals surface area contributed by atoms with Crippen LogP contribution in [0.15, 0.2) is 27.1 Å². The number of nitrogens with one attached hydrogen (secondary N) is 1. The van der Waals surface area contributed by atoms with Crippen LogP contribution < -0.4 is 5.32 Å². The van der Waals surface area contributed by atoms with Gasteiger partial charge in [0, 0.05) is 21.2 Å². The summed E-state index contributed by atoms with van der Waals surface area (Å²) in [7, 11) is 0. The standard InChI is InChI=1S/C8H9Br2N/c1-2-11-6-3-4-7(9)8(10)5-6/h3-5,11H,2H2,1H3. The van der Waals surface area contributed by atoms with E-state index in [2.05, 4.69) is 44.1 Å². The molecule has 0 saturated carbocycles. The van der Waals surface area contributed by atoms with Crippen LogP contribution in [0.3, 0.4) is 0 Å². The largest absolute Gasteiger partial charge is 0.385 e. The first-order chi connectivity index (χ1) is 5.24. The van der Waals surface area contributed by atoms with Gasteiger partial charge in [-0.2, -0.15) is 0 Å². The average Bonchev–Trinajstić information content (AvgIpc) is 1.98. The molecule has 0 aliphatic carbocycles. The molecule has 3 heteroatoms. The van der Waals surface area contributed by atoms with Crippen LogP contribution in [-0.4, -0.2) is 6.54 Å². The lowest BCUT2D eigenvalue weighted by atomic mass is 10.3. The third-order valence-electron chi connectivity index (χ3n) is 1.30. The van der Waals surface area contributed by atoms with Gasteiger partial charge in [0.05, 0.1) is 0 Å². The zero-order chi connectivity index (χ0) is 8.27. The van der Waals surface area contributed by atoms with Gasteiger partial charge in [-0.3, -0.25) is 0 Å². The monoisotopic (exact) mass is 277 g/mol. The van der Waals surface area contributed by atoms with Gasteiger partial charge >= 0.3 is 0 Å². The quantitative estimate of drug-likeness (QED) is 0.871. The SMILES string of the molecule is CCNc1ccc(Br)c(Br)c1. The Balaban J connectivity index is 2.86. The van der Waals surface area contributed by atoms with Gasteiger partial charge < -0.3 is 5.32 Å². The van der Waals surface area contributed by atoms with Crippen molar-refractivity contribution in [1.29, 1.82) is 0 Å². The Labute approximate surface area is 83.4 Å². The summed E-state index contributed by atoms with van der Waals surface area (Å²) >= 11 is 6.83. The number of rotatable bonds is 2. The molecule has 0 fully saturated rings. The second kappa shape index (κ2) is 4.12. The van der Waals surface area contributed by atoms with Crippen LogP contribution in [0.25, 0.3) is 0 Å². The number of benzene rings is 1. The average molecular weight is 279 g/mol. The van der Waals surface area contributed by atoms with E-state index in [-0.39, 0.29) is 0 Å². The molecule has 0 atom stereocenters. The Bertz CT molecular complexity index is 248. The fraction of sp³-hybridized carbons (Fsp3) is 0.250. The molecule has 0 spiro atoms. The van der Waals surface area contributed by atoms with Crippen LogP contribution in [0.1, 0.15) is 6.92 Å². The smallest absolute Gasteiger partial charge is 0.0352 e. The topological polar surface area (TPSA) is 12.0 Å². The third-order valence-corrected chi connectivity index (χ3v) is 3.18. The van der Waals surface area contributed by atoms with Crippen LogP contribution in [0.5, 0.6) is 0 Å². The van der Waals surface area contributed by atoms with Gasteiger partial charge in [0.25, 0.3) is 0 Å². The Kier molecular flexibility index (Phi) is 3.40. The lowest BCUT2D eigenvalue weighted by molar-refractivity contribution is 1.21. The summed E-state index contributed by atoms with van der Waals surface area (Å²) in [5.74, 6) is 0. The second-order valence-corrected chi connectivity index (χ2v) is 3.87. The number of hydrogen-bond acceptors (Lipinski definition) is 1. The van der Waals surface area contributed by atoms with E-state index in [1.54, 1.807) is 0 Å². The van der Waals surface area contributed by atoms with Crippen molar-refractivity contribution < 1.29 is 0 Å². The van der Waals surface area contributed by atoms with Crippen LogP contribution in [0.2, 0.25) is 0 Å². The maximum Gasteiger partial charge on any atom is 0.0352 e. The number of anilines is 1. The van der Waals surface area contributed by atoms with E-state index in [1.807, 2.05) is 18.2 Å². The van der Waals surface area contributed by atoms with Crippen LogP contribution >= 0.6 is 31.9 Å². The first-order valence-corrected chi connectivity index (χ1v) is 5.01. The minimum Gasteiger partial charge on any atom is -0.385 e. The van der Waals surface area contributed by atoms with E-state index in [9.17, 15) is 0 Å². The first-order valence-electron chi connectivity index (χ1n) is 3.43. The summed E-state index contributed by atoms with van der Waals surface area (Å²) in [5.41, 5.74) is 1.14. The number of hydrogen-bond donors (Lipinski definition) is 1. The molecular weight excluding hydrogens is 270 g/mol. The van der Waals surface area contributed by atoms with Crippen molar-refractivity contribution in [3.05, 3.63) is 27.1 Å². The zero-order valence-corrected chi connectivity index (χ0v) is 9.37. The molecule has 1 aromatic carbocycles. The highest BCUT2D eigenvalue weighted by molar-refractivity contribution is 9.13. The molecule has 1 rings (SSSR count). The highest BCUT2D eigenvalue weighted by Gasteiger charge is 1.95. The van der Waals surface area contributed by atoms with Gasteiger partial charge in [-0.05, 0) is 57.0 Å². The van der Waals surface area contributed by atoms with E-state index in [4.69, 9.17) is 0 Å². The maximum atomic E-state index is 3.43. The third kappa shape index (κ3) is 2.49. The highest BCUT2D eigenvalue weighted by Crippen LogP contribution is 2.25. The van der Waals surface area contributed by atoms with Crippen LogP contribution in [0.4, 0.5) is 5.69 Å². The van der Waals surface area contributed by atoms with Gasteiger partial charge in [0.2, 0.25) is 0 Å². The van der Waals surface area contributed by atoms with E-state index in [0.29, 0.717) is 0 Å². The fourth-order valence-corrected chi connectivity index (χ4v) is 1.44. The highest BCUT2D eigenvalue weighted by atomic mass is 79.9. The Morgan fingerprint density at radius 2 is 2.00 bits per heavy atom. The minimum absolute atomic E-state index is 0.952. The van der Waals surface area contributed by atoms with E-state index >= 15 is 0 Å². The molecule has 0 amide bonds. The molecule has 11 heavy (non-hydrogen) atoms. The maximum absolute atomic E-state index is 3.43. The molecular formula is C8H9Br2N. The Morgan fingerprint density at radius 3 is 2.55 bits per heavy atom. The molecule has 1 N–H and O–H groups in total. The van der Waals surface area contributed by atoms with Gasteiger partial charge in [0.15, 0.2) is 0 Å². The molecule has 0 aliphatic rings. The summed E-state index contributed by atoms with van der Waals surface area (Å²) in [6, 6.07) is 6.11. The fourth-order valence-electron chi connectivity index (χ4n) is 0.810. The molecule has 1 nitrogen and oxygen atoms in total. The van der Waals surface area contributed by atoms with Crippen molar-refractivity contribution in [2.24, 2.45) is 0 Å². The van der Waals surface area contributed by atoms with Gasteiger partial charge in [-0.15, -0.1) is 0 Å². The molecule has 1 aromatic rings. The van der Waals surface area contributed by atoms with E-state index < -0.39 is 0 Å². The van der Waals surface area contributed by atoms with Gasteiger partial charge in [0.1, 0.15) is 0 Å². The molecule has 60 valence electrons. The van der Waals surface area contributed by atoms with E-state index in [0.717, 1.165) is 21.2 Å². The van der Waals surface area contributed by atoms with E-state index in [1.165, 1.54) is 0 Å². The molecule has 0 unspecified atom stereocenters. The number of halogens is 2. The van der Waals surface area contributed by atoms with Crippen molar-refractivity contribution in [2.45, 2.75) is 6.92 Å². The summed E-state index contributed by atoms with van der Waals surface area (Å²) in [6.07, 6.45) is 0. The predicted octanol–water partition coefficient (Wildman–Crippen LogP) is 3.64. The van der Waals surface area contributed by atoms with Gasteiger partial charge in [-0.1, -0.05) is 0 Å². The summed E-state index contributed by atoms with van der Waals surface area (Å²) in [5, 5.41) is 3.22. The van der Waals surface area contributed by atoms with Crippen molar-refractivity contribution in [3.63, 3.8) is 0 Å². The minimum atomic E-state index is 0.952. The summed E-state index contributed by atoms with van der Waals surface area (Å²) in [4.78, 5) is 0. The molecule has 0 aromatic heterocycles. The van der Waals surface area contributed by atoms with Crippen molar-refractivity contribution in [3.8, 4) is 0 Å². The summed E-state index contributed by atoms with van der Waals surface area (Å²) < 4.78 is 2.16. The van der Waals surface area contributed by atoms with Crippen LogP contribution in [-0.2, 0) is 0 Å². The molecule has 0 aliphatic heterocycles. The predicted molar refractivity (Wildman–Crippen MR) is 56.0 cm³/mol. The lowest BCUT2D eigenvalue weighted by Crippen LogP contribution is -1.95. The molecule has 0 bridgehead atoms. The van der Waals surface area contributed by atoms with Crippen molar-refractivity contribution in [1.82, 2.24) is 0 Å². The Morgan fingerprint density at radius 1 is 1.27 bits per heavy atom. The first kappa shape index (κ1) is 9.07. The molecule has 0 saturated heterocycles. The van der Waals surface area contributed by atoms with Crippen molar-refractivity contribution in [2.75, 3.05) is 11.9 Å². The Hall–Kier alpha value is -0.0200. The summed E-state index contributed by atoms with van der Waals surface area (Å²) in [6.45, 7) is 3.03. The molecule has 0 heterocycles. The second-order valence-electron chi connectivity index (χ2n) is 2.16.